The summed E-state index contributed by atoms with van der Waals surface area (Å²) in [7, 11) is 0. The van der Waals surface area contributed by atoms with Gasteiger partial charge in [-0.25, -0.2) is 4.79 Å². The molecule has 0 amide bonds. The third-order valence-electron chi connectivity index (χ3n) is 1.86. The minimum Gasteiger partial charge on any atom is -0.476 e. The molecule has 0 bridgehead atoms. The number of hydrogen-bond acceptors (Lipinski definition) is 3. The van der Waals surface area contributed by atoms with Gasteiger partial charge in [-0.1, -0.05) is 13.8 Å². The molecule has 70 valence electrons. The first kappa shape index (κ1) is 9.64. The third kappa shape index (κ3) is 2.02. The van der Waals surface area contributed by atoms with Crippen LogP contribution in [-0.2, 0) is 0 Å². The van der Waals surface area contributed by atoms with Crippen LogP contribution in [0.15, 0.2) is 6.07 Å². The number of carboxylic acid groups (broad SMARTS) is 1. The van der Waals surface area contributed by atoms with E-state index in [1.807, 2.05) is 20.8 Å². The van der Waals surface area contributed by atoms with Crippen LogP contribution in [0, 0.1) is 6.92 Å². The lowest BCUT2D eigenvalue weighted by molar-refractivity contribution is 0.0689. The van der Waals surface area contributed by atoms with Crippen molar-refractivity contribution in [2.45, 2.75) is 26.7 Å². The first-order chi connectivity index (χ1) is 6.02. The Bertz CT molecular complexity index is 334. The Hall–Kier alpha value is -1.45. The molecule has 1 heterocycles. The van der Waals surface area contributed by atoms with Crippen LogP contribution in [0.3, 0.4) is 0 Å². The summed E-state index contributed by atoms with van der Waals surface area (Å²) in [5.74, 6) is -0.761. The molecule has 1 rings (SSSR count). The van der Waals surface area contributed by atoms with Gasteiger partial charge in [0.15, 0.2) is 5.69 Å². The molecule has 0 aliphatic heterocycles. The molecule has 0 aliphatic carbocycles. The zero-order valence-corrected chi connectivity index (χ0v) is 7.90. The molecular weight excluding hydrogens is 168 g/mol. The van der Waals surface area contributed by atoms with E-state index in [0.29, 0.717) is 0 Å². The van der Waals surface area contributed by atoms with Gasteiger partial charge in [0.2, 0.25) is 0 Å². The molecule has 1 aromatic rings. The zero-order chi connectivity index (χ0) is 10.0. The molecule has 0 aliphatic rings. The first-order valence-electron chi connectivity index (χ1n) is 4.10. The van der Waals surface area contributed by atoms with Crippen molar-refractivity contribution in [3.8, 4) is 0 Å². The molecule has 0 atom stereocenters. The minimum atomic E-state index is -1.03. The second kappa shape index (κ2) is 3.51. The van der Waals surface area contributed by atoms with Gasteiger partial charge in [0.25, 0.3) is 0 Å². The Morgan fingerprint density at radius 3 is 2.54 bits per heavy atom. The number of nitrogens with zero attached hydrogens (tertiary/aromatic N) is 2. The average Bonchev–Trinajstić information content (AvgIpc) is 2.04. The van der Waals surface area contributed by atoms with Crippen LogP contribution in [0.4, 0.5) is 0 Å². The normalized spacial score (nSPS) is 10.5. The number of hydrogen-bond donors (Lipinski definition) is 1. The van der Waals surface area contributed by atoms with Crippen molar-refractivity contribution >= 4 is 5.97 Å². The molecule has 13 heavy (non-hydrogen) atoms. The smallest absolute Gasteiger partial charge is 0.356 e. The second-order valence-electron chi connectivity index (χ2n) is 3.23. The number of aryl methyl sites for hydroxylation is 1. The molecule has 0 spiro atoms. The number of aromatic nitrogens is 2. The fourth-order valence-electron chi connectivity index (χ4n) is 1.16. The van der Waals surface area contributed by atoms with E-state index in [1.54, 1.807) is 6.07 Å². The fourth-order valence-corrected chi connectivity index (χ4v) is 1.16. The van der Waals surface area contributed by atoms with Crippen LogP contribution in [0.1, 0.15) is 41.5 Å². The van der Waals surface area contributed by atoms with Crippen LogP contribution >= 0.6 is 0 Å². The van der Waals surface area contributed by atoms with Crippen LogP contribution < -0.4 is 0 Å². The number of rotatable bonds is 2. The van der Waals surface area contributed by atoms with Crippen LogP contribution in [0.2, 0.25) is 0 Å². The Morgan fingerprint density at radius 1 is 1.46 bits per heavy atom. The van der Waals surface area contributed by atoms with Gasteiger partial charge < -0.3 is 5.11 Å². The van der Waals surface area contributed by atoms with Gasteiger partial charge in [-0.05, 0) is 24.5 Å². The van der Waals surface area contributed by atoms with Gasteiger partial charge in [-0.3, -0.25) is 0 Å². The lowest BCUT2D eigenvalue weighted by atomic mass is 10.0. The van der Waals surface area contributed by atoms with Gasteiger partial charge in [-0.15, -0.1) is 5.10 Å². The summed E-state index contributed by atoms with van der Waals surface area (Å²) >= 11 is 0. The molecule has 0 saturated heterocycles. The molecular formula is C9H12N2O2. The molecule has 4 nitrogen and oxygen atoms in total. The molecule has 4 heteroatoms. The Morgan fingerprint density at radius 2 is 2.08 bits per heavy atom. The van der Waals surface area contributed by atoms with E-state index in [-0.39, 0.29) is 11.6 Å². The van der Waals surface area contributed by atoms with Gasteiger partial charge >= 0.3 is 5.97 Å². The summed E-state index contributed by atoms with van der Waals surface area (Å²) < 4.78 is 0. The SMILES string of the molecule is Cc1nnc(C(=O)O)cc1C(C)C. The fraction of sp³-hybridized carbons (Fsp3) is 0.444. The highest BCUT2D eigenvalue weighted by Gasteiger charge is 2.11. The molecule has 0 radical (unpaired) electrons. The summed E-state index contributed by atoms with van der Waals surface area (Å²) in [6, 6.07) is 1.58. The molecule has 0 fully saturated rings. The van der Waals surface area contributed by atoms with Crippen LogP contribution in [0.5, 0.6) is 0 Å². The predicted octanol–water partition coefficient (Wildman–Crippen LogP) is 1.61. The second-order valence-corrected chi connectivity index (χ2v) is 3.23. The van der Waals surface area contributed by atoms with Crippen molar-refractivity contribution in [3.63, 3.8) is 0 Å². The highest BCUT2D eigenvalue weighted by Crippen LogP contribution is 2.16. The van der Waals surface area contributed by atoms with Crippen molar-refractivity contribution in [1.29, 1.82) is 0 Å². The van der Waals surface area contributed by atoms with E-state index in [4.69, 9.17) is 5.11 Å². The van der Waals surface area contributed by atoms with Crippen LogP contribution in [0.25, 0.3) is 0 Å². The topological polar surface area (TPSA) is 63.1 Å². The van der Waals surface area contributed by atoms with Gasteiger partial charge in [-0.2, -0.15) is 5.10 Å². The predicted molar refractivity (Wildman–Crippen MR) is 47.8 cm³/mol. The highest BCUT2D eigenvalue weighted by molar-refractivity contribution is 5.85. The molecule has 0 unspecified atom stereocenters. The van der Waals surface area contributed by atoms with E-state index in [9.17, 15) is 4.79 Å². The van der Waals surface area contributed by atoms with E-state index in [2.05, 4.69) is 10.2 Å². The van der Waals surface area contributed by atoms with E-state index in [0.717, 1.165) is 11.3 Å². The lowest BCUT2D eigenvalue weighted by Crippen LogP contribution is -2.06. The van der Waals surface area contributed by atoms with Crippen molar-refractivity contribution in [2.24, 2.45) is 0 Å². The van der Waals surface area contributed by atoms with Crippen LogP contribution in [-0.4, -0.2) is 21.3 Å². The summed E-state index contributed by atoms with van der Waals surface area (Å²) in [5, 5.41) is 16.0. The lowest BCUT2D eigenvalue weighted by Gasteiger charge is -2.07. The maximum absolute atomic E-state index is 10.6. The van der Waals surface area contributed by atoms with Crippen molar-refractivity contribution in [2.75, 3.05) is 0 Å². The first-order valence-corrected chi connectivity index (χ1v) is 4.10. The summed E-state index contributed by atoms with van der Waals surface area (Å²) in [6.45, 7) is 5.82. The van der Waals surface area contributed by atoms with Crippen molar-refractivity contribution in [1.82, 2.24) is 10.2 Å². The molecule has 1 N–H and O–H groups in total. The van der Waals surface area contributed by atoms with E-state index in [1.165, 1.54) is 0 Å². The van der Waals surface area contributed by atoms with Crippen molar-refractivity contribution in [3.05, 3.63) is 23.0 Å². The average molecular weight is 180 g/mol. The Kier molecular flexibility index (Phi) is 2.60. The summed E-state index contributed by atoms with van der Waals surface area (Å²) in [5.41, 5.74) is 1.74. The third-order valence-corrected chi connectivity index (χ3v) is 1.86. The van der Waals surface area contributed by atoms with E-state index < -0.39 is 5.97 Å². The standard InChI is InChI=1S/C9H12N2O2/c1-5(2)7-4-8(9(12)13)11-10-6(7)3/h4-5H,1-3H3,(H,12,13). The van der Waals surface area contributed by atoms with Gasteiger partial charge in [0.05, 0.1) is 5.69 Å². The zero-order valence-electron chi connectivity index (χ0n) is 7.90. The molecule has 0 saturated carbocycles. The molecule has 0 aromatic carbocycles. The van der Waals surface area contributed by atoms with Gasteiger partial charge in [0, 0.05) is 0 Å². The maximum atomic E-state index is 10.6. The summed E-state index contributed by atoms with van der Waals surface area (Å²) in [6.07, 6.45) is 0. The highest BCUT2D eigenvalue weighted by atomic mass is 16.4. The number of carbonyl (C=O) groups is 1. The monoisotopic (exact) mass is 180 g/mol. The number of aromatic carboxylic acids is 1. The summed E-state index contributed by atoms with van der Waals surface area (Å²) in [4.78, 5) is 10.6. The Balaban J connectivity index is 3.19. The molecule has 1 aromatic heterocycles. The van der Waals surface area contributed by atoms with E-state index >= 15 is 0 Å². The number of carboxylic acids is 1. The quantitative estimate of drug-likeness (QED) is 0.750. The Labute approximate surface area is 76.6 Å². The van der Waals surface area contributed by atoms with Gasteiger partial charge in [0.1, 0.15) is 0 Å². The van der Waals surface area contributed by atoms with Crippen molar-refractivity contribution < 1.29 is 9.90 Å². The largest absolute Gasteiger partial charge is 0.476 e. The maximum Gasteiger partial charge on any atom is 0.356 e. The minimum absolute atomic E-state index is 0.00861.